The molecule has 4 rings (SSSR count). The molecule has 0 unspecified atom stereocenters. The molecule has 0 atom stereocenters. The first-order valence-corrected chi connectivity index (χ1v) is 12.8. The minimum atomic E-state index is -0.385. The summed E-state index contributed by atoms with van der Waals surface area (Å²) in [7, 11) is 0. The van der Waals surface area contributed by atoms with Crippen LogP contribution in [0, 0.1) is 11.3 Å². The van der Waals surface area contributed by atoms with Crippen molar-refractivity contribution in [1.82, 2.24) is 15.6 Å². The van der Waals surface area contributed by atoms with Gasteiger partial charge in [0.25, 0.3) is 5.91 Å². The second-order valence-corrected chi connectivity index (χ2v) is 9.05. The summed E-state index contributed by atoms with van der Waals surface area (Å²) < 4.78 is 11.6. The van der Waals surface area contributed by atoms with Crippen LogP contribution < -0.4 is 20.2 Å². The smallest absolute Gasteiger partial charge is 0.257 e. The van der Waals surface area contributed by atoms with Gasteiger partial charge < -0.3 is 9.47 Å². The second kappa shape index (κ2) is 13.5. The summed E-state index contributed by atoms with van der Waals surface area (Å²) in [6, 6.07) is 23.4. The van der Waals surface area contributed by atoms with E-state index in [1.807, 2.05) is 25.1 Å². The first-order chi connectivity index (χ1) is 19.1. The van der Waals surface area contributed by atoms with Crippen LogP contribution in [0.15, 0.2) is 77.9 Å². The molecule has 0 saturated heterocycles. The topological polar surface area (TPSA) is 139 Å². The lowest BCUT2D eigenvalue weighted by Crippen LogP contribution is -2.19. The highest BCUT2D eigenvalue weighted by Crippen LogP contribution is 2.29. The van der Waals surface area contributed by atoms with Crippen LogP contribution in [0.5, 0.6) is 11.5 Å². The van der Waals surface area contributed by atoms with Gasteiger partial charge in [-0.05, 0) is 48.9 Å². The molecule has 2 N–H and O–H groups in total. The van der Waals surface area contributed by atoms with Crippen LogP contribution in [0.1, 0.15) is 39.0 Å². The van der Waals surface area contributed by atoms with E-state index in [1.165, 1.54) is 6.21 Å². The Kier molecular flexibility index (Phi) is 9.31. The SMILES string of the molecule is CCOc1cc(/C=N\NC(=O)Cc2nnc(NC(=O)c3ccccc3)s2)ccc1OCc1ccccc1C#N. The predicted octanol–water partition coefficient (Wildman–Crippen LogP) is 4.33. The molecule has 2 amide bonds. The zero-order chi connectivity index (χ0) is 27.5. The highest BCUT2D eigenvalue weighted by atomic mass is 32.1. The lowest BCUT2D eigenvalue weighted by molar-refractivity contribution is -0.120. The number of amides is 2. The fourth-order valence-corrected chi connectivity index (χ4v) is 4.13. The van der Waals surface area contributed by atoms with Crippen molar-refractivity contribution < 1.29 is 19.1 Å². The molecule has 0 bridgehead atoms. The maximum Gasteiger partial charge on any atom is 0.257 e. The highest BCUT2D eigenvalue weighted by Gasteiger charge is 2.13. The number of nitriles is 1. The molecule has 39 heavy (non-hydrogen) atoms. The number of ether oxygens (including phenoxy) is 2. The summed E-state index contributed by atoms with van der Waals surface area (Å²) in [5, 5.41) is 24.6. The van der Waals surface area contributed by atoms with Gasteiger partial charge in [-0.1, -0.05) is 47.7 Å². The van der Waals surface area contributed by atoms with Gasteiger partial charge in [0.1, 0.15) is 11.6 Å². The van der Waals surface area contributed by atoms with Gasteiger partial charge in [-0.2, -0.15) is 10.4 Å². The Labute approximate surface area is 228 Å². The van der Waals surface area contributed by atoms with Crippen molar-refractivity contribution in [3.63, 3.8) is 0 Å². The van der Waals surface area contributed by atoms with Crippen LogP contribution in [0.4, 0.5) is 5.13 Å². The Morgan fingerprint density at radius 2 is 1.82 bits per heavy atom. The first kappa shape index (κ1) is 27.0. The molecular weight excluding hydrogens is 516 g/mol. The van der Waals surface area contributed by atoms with Crippen LogP contribution in [0.2, 0.25) is 0 Å². The quantitative estimate of drug-likeness (QED) is 0.213. The van der Waals surface area contributed by atoms with Gasteiger partial charge in [0.2, 0.25) is 11.0 Å². The average molecular weight is 541 g/mol. The Balaban J connectivity index is 1.31. The molecule has 0 aliphatic heterocycles. The number of benzene rings is 3. The zero-order valence-electron chi connectivity index (χ0n) is 21.0. The number of nitrogens with zero attached hydrogens (tertiary/aromatic N) is 4. The van der Waals surface area contributed by atoms with Gasteiger partial charge in [-0.25, -0.2) is 5.43 Å². The van der Waals surface area contributed by atoms with Crippen LogP contribution in [-0.4, -0.2) is 34.8 Å². The van der Waals surface area contributed by atoms with Gasteiger partial charge in [0.15, 0.2) is 11.5 Å². The van der Waals surface area contributed by atoms with Gasteiger partial charge in [0.05, 0.1) is 30.9 Å². The normalized spacial score (nSPS) is 10.6. The number of hydrogen-bond donors (Lipinski definition) is 2. The van der Waals surface area contributed by atoms with Crippen LogP contribution in [-0.2, 0) is 17.8 Å². The minimum absolute atomic E-state index is 0.0443. The fourth-order valence-electron chi connectivity index (χ4n) is 3.39. The van der Waals surface area contributed by atoms with E-state index in [0.29, 0.717) is 44.9 Å². The Morgan fingerprint density at radius 3 is 2.62 bits per heavy atom. The number of anilines is 1. The monoisotopic (exact) mass is 540 g/mol. The predicted molar refractivity (Wildman–Crippen MR) is 147 cm³/mol. The maximum absolute atomic E-state index is 12.3. The van der Waals surface area contributed by atoms with Crippen LogP contribution in [0.25, 0.3) is 0 Å². The highest BCUT2D eigenvalue weighted by molar-refractivity contribution is 7.15. The van der Waals surface area contributed by atoms with Gasteiger partial charge in [-0.15, -0.1) is 10.2 Å². The Bertz CT molecular complexity index is 1510. The van der Waals surface area contributed by atoms with E-state index < -0.39 is 0 Å². The van der Waals surface area contributed by atoms with Crippen molar-refractivity contribution in [3.05, 3.63) is 100 Å². The standard InChI is InChI=1S/C28H24N6O4S/c1-2-37-24-14-19(12-13-23(24)38-18-22-11-7-6-10-21(22)16-29)17-30-32-25(35)15-26-33-34-28(39-26)31-27(36)20-8-4-3-5-9-20/h3-14,17H,2,15,18H2,1H3,(H,32,35)(H,31,34,36)/b30-17-. The maximum atomic E-state index is 12.3. The van der Waals surface area contributed by atoms with Gasteiger partial charge >= 0.3 is 0 Å². The van der Waals surface area contributed by atoms with Crippen molar-refractivity contribution in [2.24, 2.45) is 5.10 Å². The molecule has 0 fully saturated rings. The molecule has 4 aromatic rings. The zero-order valence-corrected chi connectivity index (χ0v) is 21.8. The molecule has 0 saturated carbocycles. The molecule has 0 radical (unpaired) electrons. The van der Waals surface area contributed by atoms with Crippen molar-refractivity contribution in [3.8, 4) is 17.6 Å². The summed E-state index contributed by atoms with van der Waals surface area (Å²) in [6.45, 7) is 2.51. The molecule has 196 valence electrons. The minimum Gasteiger partial charge on any atom is -0.490 e. The lowest BCUT2D eigenvalue weighted by Gasteiger charge is -2.13. The van der Waals surface area contributed by atoms with Crippen LogP contribution in [0.3, 0.4) is 0 Å². The molecule has 0 spiro atoms. The first-order valence-electron chi connectivity index (χ1n) is 11.9. The number of rotatable bonds is 11. The third-order valence-corrected chi connectivity index (χ3v) is 6.07. The van der Waals surface area contributed by atoms with Crippen molar-refractivity contribution in [2.75, 3.05) is 11.9 Å². The molecular formula is C28H24N6O4S. The third kappa shape index (κ3) is 7.70. The van der Waals surface area contributed by atoms with Crippen molar-refractivity contribution in [2.45, 2.75) is 20.0 Å². The van der Waals surface area contributed by atoms with E-state index in [-0.39, 0.29) is 24.8 Å². The van der Waals surface area contributed by atoms with Gasteiger partial charge in [-0.3, -0.25) is 14.9 Å². The van der Waals surface area contributed by atoms with Crippen molar-refractivity contribution >= 4 is 34.5 Å². The largest absolute Gasteiger partial charge is 0.490 e. The molecule has 10 nitrogen and oxygen atoms in total. The van der Waals surface area contributed by atoms with E-state index in [0.717, 1.165) is 16.9 Å². The second-order valence-electron chi connectivity index (χ2n) is 7.99. The number of carbonyl (C=O) groups excluding carboxylic acids is 2. The molecule has 0 aliphatic rings. The summed E-state index contributed by atoms with van der Waals surface area (Å²) in [5.41, 5.74) is 4.97. The van der Waals surface area contributed by atoms with Crippen LogP contribution >= 0.6 is 11.3 Å². The number of hydrazone groups is 1. The van der Waals surface area contributed by atoms with Gasteiger partial charge in [0, 0.05) is 11.1 Å². The summed E-state index contributed by atoms with van der Waals surface area (Å²) in [4.78, 5) is 24.5. The third-order valence-electron chi connectivity index (χ3n) is 5.23. The van der Waals surface area contributed by atoms with E-state index in [1.54, 1.807) is 54.6 Å². The Morgan fingerprint density at radius 1 is 1.03 bits per heavy atom. The molecule has 3 aromatic carbocycles. The van der Waals surface area contributed by atoms with Crippen molar-refractivity contribution in [1.29, 1.82) is 5.26 Å². The molecule has 11 heteroatoms. The van der Waals surface area contributed by atoms with E-state index in [9.17, 15) is 14.9 Å². The molecule has 0 aliphatic carbocycles. The lowest BCUT2D eigenvalue weighted by atomic mass is 10.1. The molecule has 1 aromatic heterocycles. The molecule has 1 heterocycles. The Hall–Kier alpha value is -5.08. The van der Waals surface area contributed by atoms with E-state index in [4.69, 9.17) is 9.47 Å². The average Bonchev–Trinajstić information content (AvgIpc) is 3.39. The van der Waals surface area contributed by atoms with E-state index in [2.05, 4.69) is 32.1 Å². The number of nitrogens with one attached hydrogen (secondary N) is 2. The summed E-state index contributed by atoms with van der Waals surface area (Å²) >= 11 is 1.11. The number of carbonyl (C=O) groups is 2. The summed E-state index contributed by atoms with van der Waals surface area (Å²) in [5.74, 6) is 0.352. The van der Waals surface area contributed by atoms with E-state index >= 15 is 0 Å². The number of aromatic nitrogens is 2. The number of hydrogen-bond acceptors (Lipinski definition) is 9. The fraction of sp³-hybridized carbons (Fsp3) is 0.143. The summed E-state index contributed by atoms with van der Waals surface area (Å²) in [6.07, 6.45) is 1.44.